The van der Waals surface area contributed by atoms with Crippen molar-refractivity contribution in [1.29, 1.82) is 0 Å². The molecule has 0 atom stereocenters. The lowest BCUT2D eigenvalue weighted by atomic mass is 9.84. The van der Waals surface area contributed by atoms with Gasteiger partial charge < -0.3 is 10.6 Å². The van der Waals surface area contributed by atoms with E-state index in [0.29, 0.717) is 0 Å². The van der Waals surface area contributed by atoms with Gasteiger partial charge in [-0.15, -0.1) is 0 Å². The Morgan fingerprint density at radius 1 is 0.224 bits per heavy atom. The van der Waals surface area contributed by atoms with Crippen LogP contribution in [0.15, 0.2) is 534 Å². The normalized spacial score (nSPS) is 12.3. The molecule has 0 unspecified atom stereocenters. The van der Waals surface area contributed by atoms with Gasteiger partial charge >= 0.3 is 0 Å². The van der Waals surface area contributed by atoms with Gasteiger partial charge in [0.25, 0.3) is 0 Å². The average molecular weight is 1830 g/mol. The second-order valence-corrected chi connectivity index (χ2v) is 36.5. The highest BCUT2D eigenvalue weighted by Gasteiger charge is 2.26. The predicted molar refractivity (Wildman–Crippen MR) is 600 cm³/mol. The Morgan fingerprint density at radius 3 is 1.09 bits per heavy atom. The molecule has 672 valence electrons. The molecule has 0 bridgehead atoms. The molecule has 0 aliphatic carbocycles. The number of fused-ring (bicyclic) bond motifs is 9. The Hall–Kier alpha value is -18.9. The molecule has 27 rings (SSSR count). The fourth-order valence-corrected chi connectivity index (χ4v) is 21.3. The van der Waals surface area contributed by atoms with Crippen molar-refractivity contribution in [2.24, 2.45) is 0 Å². The molecule has 5 aromatic heterocycles. The highest BCUT2D eigenvalue weighted by atomic mass is 15.1. The van der Waals surface area contributed by atoms with Gasteiger partial charge in [-0.3, -0.25) is 24.5 Å². The number of allylic oxidation sites excluding steroid dienone is 4. The van der Waals surface area contributed by atoms with Crippen LogP contribution in [0.1, 0.15) is 5.56 Å². The summed E-state index contributed by atoms with van der Waals surface area (Å²) in [5, 5.41) is 27.0. The molecular weight excluding hydrogens is 1730 g/mol. The van der Waals surface area contributed by atoms with Crippen LogP contribution in [-0.2, 0) is 0 Å². The smallest absolute Gasteiger partial charge is 0.145 e. The van der Waals surface area contributed by atoms with E-state index >= 15 is 0 Å². The first-order valence-corrected chi connectivity index (χ1v) is 48.8. The fourth-order valence-electron chi connectivity index (χ4n) is 21.3. The first-order chi connectivity index (χ1) is 70.9. The summed E-state index contributed by atoms with van der Waals surface area (Å²) in [5.74, 6) is 0.933. The summed E-state index contributed by atoms with van der Waals surface area (Å²) in [5.41, 5.74) is 34.7. The molecular formula is C135H92N8. The lowest BCUT2D eigenvalue weighted by Crippen LogP contribution is -2.27. The number of imidazole rings is 1. The third-order valence-electron chi connectivity index (χ3n) is 28.1. The lowest BCUT2D eigenvalue weighted by Gasteiger charge is -2.24. The number of pyridine rings is 4. The molecule has 8 heteroatoms. The van der Waals surface area contributed by atoms with E-state index in [-0.39, 0.29) is 0 Å². The van der Waals surface area contributed by atoms with Gasteiger partial charge in [0.2, 0.25) is 0 Å². The zero-order valence-electron chi connectivity index (χ0n) is 78.2. The Morgan fingerprint density at radius 2 is 0.601 bits per heavy atom. The van der Waals surface area contributed by atoms with Crippen molar-refractivity contribution in [2.45, 2.75) is 0 Å². The Bertz CT molecular complexity index is 9340. The van der Waals surface area contributed by atoms with Crippen molar-refractivity contribution < 1.29 is 0 Å². The number of hydrogen-bond acceptors (Lipinski definition) is 7. The quantitative estimate of drug-likeness (QED) is 0.0988. The molecule has 2 N–H and O–H groups in total. The number of aromatic nitrogens is 6. The second kappa shape index (κ2) is 37.9. The van der Waals surface area contributed by atoms with E-state index in [1.807, 2.05) is 55.4 Å². The molecule has 8 nitrogen and oxygen atoms in total. The van der Waals surface area contributed by atoms with E-state index in [9.17, 15) is 0 Å². The minimum absolute atomic E-state index is 0.744. The standard InChI is InChI=1S/C53H34N2.C42H28N2.C40H30N4/c1-2-16-44(17-3-1)55-50-21-11-10-20-49(50)54-53(55)38-26-22-37(23-27-38)41-30-31-47-48(34-41)52(43-29-25-36-13-5-7-15-40(36)33-43)46-19-9-8-18-45(46)51(47)42-28-24-35-12-4-6-14-39(35)32-42;1-2-8-29(9-3-1)34-16-17-39-40(28-34)42(36-13-7-11-33(27-36)31-20-24-44-25-21-31)38-15-5-4-14-37(38)41(39)35-12-6-10-32(26-35)30-18-22-43-23-19-30;1-2-10-27(11-3-1)28-16-19-33-34(24-28)40(30-18-21-38(44-26-30)36-15-7-9-23-42-36)32-13-5-4-12-31(32)39(33)29-17-20-37(43-25-29)35-14-6-8-22-41-35/h1-34H;1-28H;1-21,23-24,26,41,43H,22,25H2. The molecule has 0 amide bonds. The monoisotopic (exact) mass is 1820 g/mol. The van der Waals surface area contributed by atoms with Crippen molar-refractivity contribution >= 4 is 103 Å². The summed E-state index contributed by atoms with van der Waals surface area (Å²) in [6.45, 7) is 1.59. The van der Waals surface area contributed by atoms with E-state index in [1.165, 1.54) is 186 Å². The number of dihydropyridines is 2. The first-order valence-electron chi connectivity index (χ1n) is 48.8. The van der Waals surface area contributed by atoms with E-state index in [2.05, 4.69) is 497 Å². The van der Waals surface area contributed by atoms with Gasteiger partial charge in [-0.1, -0.05) is 364 Å². The topological polar surface area (TPSA) is 93.4 Å². The summed E-state index contributed by atoms with van der Waals surface area (Å²) < 4.78 is 2.26. The highest BCUT2D eigenvalue weighted by molar-refractivity contribution is 6.25. The summed E-state index contributed by atoms with van der Waals surface area (Å²) in [6.07, 6.45) is 22.1. The van der Waals surface area contributed by atoms with Crippen LogP contribution < -0.4 is 10.6 Å². The summed E-state index contributed by atoms with van der Waals surface area (Å²) in [6, 6.07) is 164. The molecule has 0 saturated carbocycles. The number of para-hydroxylation sites is 3. The van der Waals surface area contributed by atoms with E-state index < -0.39 is 0 Å². The number of nitrogens with one attached hydrogen (secondary N) is 2. The Balaban J connectivity index is 0.000000114. The summed E-state index contributed by atoms with van der Waals surface area (Å²) in [7, 11) is 0. The van der Waals surface area contributed by atoms with Crippen molar-refractivity contribution in [3.63, 3.8) is 0 Å². The number of rotatable bonds is 15. The molecule has 0 radical (unpaired) electrons. The molecule has 20 aromatic carbocycles. The van der Waals surface area contributed by atoms with Gasteiger partial charge in [-0.05, 0) is 324 Å². The second-order valence-electron chi connectivity index (χ2n) is 36.5. The molecule has 25 aromatic rings. The van der Waals surface area contributed by atoms with Gasteiger partial charge in [-0.25, -0.2) is 4.98 Å². The van der Waals surface area contributed by atoms with Crippen molar-refractivity contribution in [2.75, 3.05) is 13.1 Å². The Labute approximate surface area is 829 Å². The fraction of sp³-hybridized carbons (Fsp3) is 0.0148. The highest BCUT2D eigenvalue weighted by Crippen LogP contribution is 2.51. The third-order valence-corrected chi connectivity index (χ3v) is 28.1. The summed E-state index contributed by atoms with van der Waals surface area (Å²) in [4.78, 5) is 23.0. The van der Waals surface area contributed by atoms with Crippen molar-refractivity contribution in [3.8, 4) is 140 Å². The van der Waals surface area contributed by atoms with Crippen LogP contribution in [0.5, 0.6) is 0 Å². The maximum Gasteiger partial charge on any atom is 0.145 e. The first kappa shape index (κ1) is 85.7. The van der Waals surface area contributed by atoms with Crippen LogP contribution in [0.3, 0.4) is 0 Å². The van der Waals surface area contributed by atoms with E-state index in [0.717, 1.165) is 86.2 Å². The summed E-state index contributed by atoms with van der Waals surface area (Å²) >= 11 is 0. The molecule has 0 saturated heterocycles. The maximum absolute atomic E-state index is 5.12. The van der Waals surface area contributed by atoms with Crippen LogP contribution >= 0.6 is 0 Å². The van der Waals surface area contributed by atoms with Gasteiger partial charge in [-0.2, -0.15) is 0 Å². The van der Waals surface area contributed by atoms with Gasteiger partial charge in [0.15, 0.2) is 0 Å². The number of benzene rings is 20. The van der Waals surface area contributed by atoms with E-state index in [1.54, 1.807) is 0 Å². The number of hydrogen-bond donors (Lipinski definition) is 2. The van der Waals surface area contributed by atoms with Crippen molar-refractivity contribution in [1.82, 2.24) is 40.1 Å². The van der Waals surface area contributed by atoms with Crippen LogP contribution in [0.4, 0.5) is 0 Å². The minimum atomic E-state index is 0.744. The lowest BCUT2D eigenvalue weighted by molar-refractivity contribution is 0.823. The third kappa shape index (κ3) is 16.6. The van der Waals surface area contributed by atoms with Crippen LogP contribution in [-0.4, -0.2) is 42.6 Å². The van der Waals surface area contributed by atoms with Crippen LogP contribution in [0, 0.1) is 0 Å². The maximum atomic E-state index is 5.12. The molecule has 0 spiro atoms. The molecule has 143 heavy (non-hydrogen) atoms. The van der Waals surface area contributed by atoms with Crippen molar-refractivity contribution in [3.05, 3.63) is 539 Å². The molecule has 2 aliphatic heterocycles. The average Bonchev–Trinajstić information content (AvgIpc) is 1.40. The van der Waals surface area contributed by atoms with E-state index in [4.69, 9.17) is 9.97 Å². The molecule has 0 fully saturated rings. The van der Waals surface area contributed by atoms with Crippen LogP contribution in [0.25, 0.3) is 243 Å². The Kier molecular flexibility index (Phi) is 22.7. The molecule has 2 aliphatic rings. The molecule has 7 heterocycles. The zero-order valence-corrected chi connectivity index (χ0v) is 78.2. The SMILES string of the molecule is C1=CCNC(C2=CC=C(c3c4ccccc4c(-c4ccc(-c5ccccn5)nc4)c4cc(-c5ccccc5)ccc34)CN2)=C1.c1ccc(-c2ccc3c(-c4cccc(-c5ccncc5)c4)c4ccccc4c(-c4cccc(-c5ccncc5)c4)c3c2)cc1.c1ccc(-n2c(-c3ccc(-c4ccc5c(-c6ccc7ccccc7c6)c6ccccc6c(-c6ccc7ccccc7c6)c5c4)cc3)nc3ccccc32)cc1. The van der Waals surface area contributed by atoms with Gasteiger partial charge in [0, 0.05) is 67.1 Å². The van der Waals surface area contributed by atoms with Gasteiger partial charge in [0.1, 0.15) is 5.82 Å². The number of nitrogens with zero attached hydrogens (tertiary/aromatic N) is 6. The van der Waals surface area contributed by atoms with Crippen LogP contribution in [0.2, 0.25) is 0 Å². The largest absolute Gasteiger partial charge is 0.380 e. The minimum Gasteiger partial charge on any atom is -0.380 e. The van der Waals surface area contributed by atoms with Gasteiger partial charge in [0.05, 0.1) is 33.8 Å². The predicted octanol–water partition coefficient (Wildman–Crippen LogP) is 34.1. The zero-order chi connectivity index (χ0) is 94.9.